The van der Waals surface area contributed by atoms with E-state index in [1.807, 2.05) is 0 Å². The van der Waals surface area contributed by atoms with Crippen LogP contribution in [0.3, 0.4) is 0 Å². The van der Waals surface area contributed by atoms with Crippen molar-refractivity contribution in [3.05, 3.63) is 58.8 Å². The van der Waals surface area contributed by atoms with Crippen LogP contribution in [0, 0.1) is 0 Å². The number of aliphatic hydroxyl groups excluding tert-OH is 1. The number of carbonyl (C=O) groups is 1. The summed E-state index contributed by atoms with van der Waals surface area (Å²) in [5.41, 5.74) is 0.793. The molecular weight excluding hydrogens is 288 g/mol. The average Bonchev–Trinajstić information content (AvgIpc) is 2.48. The van der Waals surface area contributed by atoms with Crippen molar-refractivity contribution in [3.8, 4) is 17.2 Å². The van der Waals surface area contributed by atoms with Crippen molar-refractivity contribution in [2.45, 2.75) is 0 Å². The molecule has 0 saturated carbocycles. The molecule has 1 aliphatic carbocycles. The minimum Gasteiger partial charge on any atom is -0.508 e. The first-order valence-corrected chi connectivity index (χ1v) is 6.37. The van der Waals surface area contributed by atoms with E-state index in [0.717, 1.165) is 0 Å². The van der Waals surface area contributed by atoms with Gasteiger partial charge in [-0.25, -0.2) is 0 Å². The third kappa shape index (κ3) is 2.20. The van der Waals surface area contributed by atoms with Crippen molar-refractivity contribution in [1.82, 2.24) is 0 Å². The molecule has 0 aromatic heterocycles. The number of allylic oxidation sites excluding steroid dienone is 4. The summed E-state index contributed by atoms with van der Waals surface area (Å²) in [5, 5.41) is 29.0. The van der Waals surface area contributed by atoms with Gasteiger partial charge < -0.3 is 24.8 Å². The number of hydrogen-bond donors (Lipinski definition) is 3. The van der Waals surface area contributed by atoms with Crippen LogP contribution in [-0.4, -0.2) is 28.2 Å². The highest BCUT2D eigenvalue weighted by molar-refractivity contribution is 6.04. The van der Waals surface area contributed by atoms with Gasteiger partial charge in [-0.3, -0.25) is 4.79 Å². The SMILES string of the molecule is COC1=Cc2c(O)cc(O)cc2O/C1=C1/C=CC(=O)C(O)=C1. The van der Waals surface area contributed by atoms with Crippen LogP contribution in [0.2, 0.25) is 0 Å². The van der Waals surface area contributed by atoms with E-state index in [1.165, 1.54) is 37.5 Å². The highest BCUT2D eigenvalue weighted by Crippen LogP contribution is 2.41. The van der Waals surface area contributed by atoms with Crippen LogP contribution in [-0.2, 0) is 9.53 Å². The highest BCUT2D eigenvalue weighted by Gasteiger charge is 2.25. The standard InChI is InChI=1S/C16H12O6/c1-21-15-7-10-12(19)5-9(17)6-14(10)22-16(15)8-2-3-11(18)13(20)4-8/h2-7,17,19-20H,1H3/b16-8-. The van der Waals surface area contributed by atoms with Gasteiger partial charge in [-0.05, 0) is 24.3 Å². The van der Waals surface area contributed by atoms with Crippen molar-refractivity contribution in [1.29, 1.82) is 0 Å². The number of phenolic OH excluding ortho intramolecular Hbond substituents is 2. The van der Waals surface area contributed by atoms with Crippen LogP contribution in [0.25, 0.3) is 6.08 Å². The Morgan fingerprint density at radius 2 is 1.86 bits per heavy atom. The molecule has 6 nitrogen and oxygen atoms in total. The zero-order valence-electron chi connectivity index (χ0n) is 11.5. The molecule has 6 heteroatoms. The molecule has 1 heterocycles. The van der Waals surface area contributed by atoms with Crippen molar-refractivity contribution in [2.75, 3.05) is 7.11 Å². The van der Waals surface area contributed by atoms with Crippen LogP contribution < -0.4 is 4.74 Å². The Morgan fingerprint density at radius 3 is 2.55 bits per heavy atom. The first-order valence-electron chi connectivity index (χ1n) is 6.37. The van der Waals surface area contributed by atoms with Gasteiger partial charge in [-0.1, -0.05) is 0 Å². The Morgan fingerprint density at radius 1 is 1.09 bits per heavy atom. The summed E-state index contributed by atoms with van der Waals surface area (Å²) < 4.78 is 10.9. The van der Waals surface area contributed by atoms with E-state index in [9.17, 15) is 20.1 Å². The number of methoxy groups -OCH3 is 1. The van der Waals surface area contributed by atoms with Gasteiger partial charge in [-0.2, -0.15) is 0 Å². The molecule has 1 aliphatic heterocycles. The van der Waals surface area contributed by atoms with Crippen LogP contribution in [0.4, 0.5) is 0 Å². The van der Waals surface area contributed by atoms with Crippen molar-refractivity contribution in [2.24, 2.45) is 0 Å². The molecule has 0 atom stereocenters. The number of fused-ring (bicyclic) bond motifs is 1. The quantitative estimate of drug-likeness (QED) is 0.736. The van der Waals surface area contributed by atoms with E-state index in [-0.39, 0.29) is 23.0 Å². The average molecular weight is 300 g/mol. The summed E-state index contributed by atoms with van der Waals surface area (Å²) in [7, 11) is 1.43. The van der Waals surface area contributed by atoms with E-state index in [2.05, 4.69) is 0 Å². The molecule has 22 heavy (non-hydrogen) atoms. The largest absolute Gasteiger partial charge is 0.508 e. The first-order chi connectivity index (χ1) is 10.5. The molecule has 0 radical (unpaired) electrons. The van der Waals surface area contributed by atoms with Crippen molar-refractivity contribution >= 4 is 11.9 Å². The molecule has 112 valence electrons. The third-order valence-electron chi connectivity index (χ3n) is 3.26. The number of phenols is 2. The lowest BCUT2D eigenvalue weighted by Crippen LogP contribution is -2.11. The number of ketones is 1. The third-order valence-corrected chi connectivity index (χ3v) is 3.26. The van der Waals surface area contributed by atoms with Gasteiger partial charge in [0.2, 0.25) is 5.78 Å². The summed E-state index contributed by atoms with van der Waals surface area (Å²) in [6, 6.07) is 2.54. The number of carbonyl (C=O) groups excluding carboxylic acids is 1. The zero-order valence-corrected chi connectivity index (χ0v) is 11.5. The van der Waals surface area contributed by atoms with E-state index in [1.54, 1.807) is 6.08 Å². The number of rotatable bonds is 1. The molecule has 0 unspecified atom stereocenters. The maximum atomic E-state index is 11.3. The molecular formula is C16H12O6. The summed E-state index contributed by atoms with van der Waals surface area (Å²) in [6.45, 7) is 0. The smallest absolute Gasteiger partial charge is 0.220 e. The molecule has 1 aromatic carbocycles. The Bertz CT molecular complexity index is 795. The Labute approximate surface area is 125 Å². The minimum absolute atomic E-state index is 0.150. The lowest BCUT2D eigenvalue weighted by molar-refractivity contribution is -0.113. The van der Waals surface area contributed by atoms with E-state index in [4.69, 9.17) is 9.47 Å². The Kier molecular flexibility index (Phi) is 3.14. The summed E-state index contributed by atoms with van der Waals surface area (Å²) in [4.78, 5) is 11.3. The topological polar surface area (TPSA) is 96.2 Å². The molecule has 0 fully saturated rings. The Balaban J connectivity index is 2.17. The summed E-state index contributed by atoms with van der Waals surface area (Å²) in [5.74, 6) is -0.405. The molecule has 3 rings (SSSR count). The van der Waals surface area contributed by atoms with E-state index < -0.39 is 11.5 Å². The first kappa shape index (κ1) is 13.8. The monoisotopic (exact) mass is 300 g/mol. The van der Waals surface area contributed by atoms with Gasteiger partial charge in [-0.15, -0.1) is 0 Å². The number of hydrogen-bond acceptors (Lipinski definition) is 6. The molecule has 0 amide bonds. The number of benzene rings is 1. The number of aliphatic hydroxyl groups is 1. The lowest BCUT2D eigenvalue weighted by Gasteiger charge is -2.22. The summed E-state index contributed by atoms with van der Waals surface area (Å²) >= 11 is 0. The van der Waals surface area contributed by atoms with Crippen LogP contribution in [0.5, 0.6) is 17.2 Å². The molecule has 0 spiro atoms. The predicted octanol–water partition coefficient (Wildman–Crippen LogP) is 2.31. The highest BCUT2D eigenvalue weighted by atomic mass is 16.5. The normalized spacial score (nSPS) is 20.0. The van der Waals surface area contributed by atoms with Gasteiger partial charge in [0.05, 0.1) is 12.7 Å². The van der Waals surface area contributed by atoms with Gasteiger partial charge in [0.1, 0.15) is 17.2 Å². The Hall–Kier alpha value is -3.15. The molecule has 3 N–H and O–H groups in total. The zero-order chi connectivity index (χ0) is 15.9. The fourth-order valence-electron chi connectivity index (χ4n) is 2.20. The molecule has 0 saturated heterocycles. The second kappa shape index (κ2) is 5.00. The van der Waals surface area contributed by atoms with E-state index in [0.29, 0.717) is 16.9 Å². The van der Waals surface area contributed by atoms with Crippen LogP contribution in [0.1, 0.15) is 5.56 Å². The summed E-state index contributed by atoms with van der Waals surface area (Å²) in [6.07, 6.45) is 5.50. The molecule has 2 aliphatic rings. The predicted molar refractivity (Wildman–Crippen MR) is 77.3 cm³/mol. The molecule has 0 bridgehead atoms. The van der Waals surface area contributed by atoms with Gasteiger partial charge in [0.25, 0.3) is 0 Å². The maximum absolute atomic E-state index is 11.3. The van der Waals surface area contributed by atoms with Gasteiger partial charge in [0, 0.05) is 17.7 Å². The number of aromatic hydroxyl groups is 2. The van der Waals surface area contributed by atoms with Crippen molar-refractivity contribution < 1.29 is 29.6 Å². The van der Waals surface area contributed by atoms with Crippen molar-refractivity contribution in [3.63, 3.8) is 0 Å². The maximum Gasteiger partial charge on any atom is 0.220 e. The van der Waals surface area contributed by atoms with Gasteiger partial charge >= 0.3 is 0 Å². The van der Waals surface area contributed by atoms with Crippen LogP contribution in [0.15, 0.2) is 53.2 Å². The van der Waals surface area contributed by atoms with Gasteiger partial charge in [0.15, 0.2) is 17.3 Å². The fraction of sp³-hybridized carbons (Fsp3) is 0.0625. The molecule has 1 aromatic rings. The second-order valence-corrected chi connectivity index (χ2v) is 4.70. The fourth-order valence-corrected chi connectivity index (χ4v) is 2.20. The lowest BCUT2D eigenvalue weighted by atomic mass is 10.0. The minimum atomic E-state index is -0.501. The number of ether oxygens (including phenoxy) is 2. The van der Waals surface area contributed by atoms with Crippen LogP contribution >= 0.6 is 0 Å². The van der Waals surface area contributed by atoms with E-state index >= 15 is 0 Å². The second-order valence-electron chi connectivity index (χ2n) is 4.70.